The van der Waals surface area contributed by atoms with Crippen LogP contribution >= 0.6 is 0 Å². The fraction of sp³-hybridized carbons (Fsp3) is 0.538. The van der Waals surface area contributed by atoms with Crippen LogP contribution < -0.4 is 5.56 Å². The van der Waals surface area contributed by atoms with Crippen molar-refractivity contribution in [2.45, 2.75) is 31.3 Å². The summed E-state index contributed by atoms with van der Waals surface area (Å²) in [6, 6.07) is 0. The standard InChI is InChI=1S/C13H16N2O5/c1-3-4-7-10(14-5-9(17)15-7)12-13(19-2)11(18)8(6-16)20-12/h5,8,11-13,16,18H,6H2,1-2H3,(H,15,17)/t8-,11?,12+,13?/m1/s1. The van der Waals surface area contributed by atoms with Crippen LogP contribution in [0.4, 0.5) is 0 Å². The van der Waals surface area contributed by atoms with Crippen molar-refractivity contribution < 1.29 is 19.7 Å². The Balaban J connectivity index is 2.44. The fourth-order valence-electron chi connectivity index (χ4n) is 2.22. The van der Waals surface area contributed by atoms with Gasteiger partial charge < -0.3 is 24.7 Å². The number of ether oxygens (including phenoxy) is 2. The van der Waals surface area contributed by atoms with Gasteiger partial charge in [0.15, 0.2) is 0 Å². The maximum Gasteiger partial charge on any atom is 0.267 e. The number of hydrogen-bond acceptors (Lipinski definition) is 6. The molecule has 3 N–H and O–H groups in total. The smallest absolute Gasteiger partial charge is 0.267 e. The molecule has 1 aliphatic heterocycles. The van der Waals surface area contributed by atoms with Crippen LogP contribution in [0.3, 0.4) is 0 Å². The fourth-order valence-corrected chi connectivity index (χ4v) is 2.22. The molecule has 2 unspecified atom stereocenters. The van der Waals surface area contributed by atoms with Crippen molar-refractivity contribution in [1.29, 1.82) is 0 Å². The molecule has 7 nitrogen and oxygen atoms in total. The van der Waals surface area contributed by atoms with Gasteiger partial charge in [0.25, 0.3) is 5.56 Å². The highest BCUT2D eigenvalue weighted by atomic mass is 16.6. The van der Waals surface area contributed by atoms with E-state index in [4.69, 9.17) is 9.47 Å². The monoisotopic (exact) mass is 280 g/mol. The SMILES string of the molecule is CC#Cc1[nH]c(=O)cnc1[C@@H]1O[C@H](CO)C(O)C1OC. The molecular formula is C13H16N2O5. The second kappa shape index (κ2) is 6.15. The Morgan fingerprint density at radius 2 is 2.35 bits per heavy atom. The van der Waals surface area contributed by atoms with Crippen molar-refractivity contribution in [2.24, 2.45) is 0 Å². The summed E-state index contributed by atoms with van der Waals surface area (Å²) in [5.41, 5.74) is 0.316. The molecule has 2 heterocycles. The molecule has 20 heavy (non-hydrogen) atoms. The number of aromatic amines is 1. The topological polar surface area (TPSA) is 105 Å². The lowest BCUT2D eigenvalue weighted by atomic mass is 10.0. The number of aromatic nitrogens is 2. The van der Waals surface area contributed by atoms with E-state index < -0.39 is 24.4 Å². The quantitative estimate of drug-likeness (QED) is 0.610. The minimum Gasteiger partial charge on any atom is -0.394 e. The Bertz CT molecular complexity index is 588. The minimum atomic E-state index is -0.980. The summed E-state index contributed by atoms with van der Waals surface area (Å²) in [6.07, 6.45) is -2.03. The third-order valence-corrected chi connectivity index (χ3v) is 3.13. The van der Waals surface area contributed by atoms with Gasteiger partial charge in [-0.25, -0.2) is 4.98 Å². The third kappa shape index (κ3) is 2.59. The van der Waals surface area contributed by atoms with E-state index in [1.807, 2.05) is 0 Å². The first-order valence-electron chi connectivity index (χ1n) is 6.11. The summed E-state index contributed by atoms with van der Waals surface area (Å²) >= 11 is 0. The molecule has 0 saturated carbocycles. The van der Waals surface area contributed by atoms with E-state index in [0.717, 1.165) is 6.20 Å². The van der Waals surface area contributed by atoms with E-state index >= 15 is 0 Å². The summed E-state index contributed by atoms with van der Waals surface area (Å²) in [5, 5.41) is 19.2. The van der Waals surface area contributed by atoms with Crippen molar-refractivity contribution >= 4 is 0 Å². The van der Waals surface area contributed by atoms with Crippen molar-refractivity contribution in [3.05, 3.63) is 27.9 Å². The first kappa shape index (κ1) is 14.7. The first-order valence-corrected chi connectivity index (χ1v) is 6.11. The third-order valence-electron chi connectivity index (χ3n) is 3.13. The maximum atomic E-state index is 11.3. The largest absolute Gasteiger partial charge is 0.394 e. The van der Waals surface area contributed by atoms with E-state index in [2.05, 4.69) is 21.8 Å². The lowest BCUT2D eigenvalue weighted by molar-refractivity contribution is -0.0252. The zero-order valence-corrected chi connectivity index (χ0v) is 11.2. The molecule has 0 aliphatic carbocycles. The van der Waals surface area contributed by atoms with Crippen LogP contribution in [0.2, 0.25) is 0 Å². The van der Waals surface area contributed by atoms with Gasteiger partial charge in [-0.15, -0.1) is 0 Å². The molecule has 0 amide bonds. The van der Waals surface area contributed by atoms with Crippen LogP contribution in [0.25, 0.3) is 0 Å². The summed E-state index contributed by atoms with van der Waals surface area (Å²) in [4.78, 5) is 17.9. The Morgan fingerprint density at radius 1 is 1.60 bits per heavy atom. The highest BCUT2D eigenvalue weighted by molar-refractivity contribution is 5.33. The molecule has 0 aromatic carbocycles. The molecule has 1 aromatic rings. The minimum absolute atomic E-state index is 0.317. The normalized spacial score (nSPS) is 29.0. The van der Waals surface area contributed by atoms with Crippen LogP contribution in [0.15, 0.2) is 11.0 Å². The Labute approximate surface area is 115 Å². The van der Waals surface area contributed by atoms with Crippen LogP contribution in [-0.2, 0) is 9.47 Å². The predicted octanol–water partition coefficient (Wildman–Crippen LogP) is -1.05. The van der Waals surface area contributed by atoms with Crippen LogP contribution in [-0.4, -0.2) is 52.2 Å². The molecule has 1 fully saturated rings. The molecule has 4 atom stereocenters. The van der Waals surface area contributed by atoms with E-state index in [9.17, 15) is 15.0 Å². The number of hydrogen-bond donors (Lipinski definition) is 3. The van der Waals surface area contributed by atoms with Crippen molar-refractivity contribution in [2.75, 3.05) is 13.7 Å². The predicted molar refractivity (Wildman–Crippen MR) is 68.9 cm³/mol. The number of H-pyrrole nitrogens is 1. The summed E-state index contributed by atoms with van der Waals surface area (Å²) in [6.45, 7) is 1.29. The second-order valence-corrected chi connectivity index (χ2v) is 4.35. The summed E-state index contributed by atoms with van der Waals surface area (Å²) in [7, 11) is 1.43. The van der Waals surface area contributed by atoms with Crippen molar-refractivity contribution in [1.82, 2.24) is 9.97 Å². The molecule has 7 heteroatoms. The number of aliphatic hydroxyl groups is 2. The van der Waals surface area contributed by atoms with Gasteiger partial charge in [-0.3, -0.25) is 4.79 Å². The number of nitrogens with zero attached hydrogens (tertiary/aromatic N) is 1. The molecule has 0 bridgehead atoms. The summed E-state index contributed by atoms with van der Waals surface area (Å²) in [5.74, 6) is 5.41. The molecule has 2 rings (SSSR count). The van der Waals surface area contributed by atoms with Gasteiger partial charge in [0, 0.05) is 7.11 Å². The number of nitrogens with one attached hydrogen (secondary N) is 1. The first-order chi connectivity index (χ1) is 9.62. The average Bonchev–Trinajstić information content (AvgIpc) is 2.75. The van der Waals surface area contributed by atoms with Gasteiger partial charge in [-0.1, -0.05) is 5.92 Å². The highest BCUT2D eigenvalue weighted by Gasteiger charge is 2.45. The van der Waals surface area contributed by atoms with Crippen LogP contribution in [0.5, 0.6) is 0 Å². The van der Waals surface area contributed by atoms with Gasteiger partial charge in [-0.05, 0) is 12.8 Å². The molecule has 1 aromatic heterocycles. The Morgan fingerprint density at radius 3 is 2.95 bits per heavy atom. The second-order valence-electron chi connectivity index (χ2n) is 4.35. The number of aliphatic hydroxyl groups excluding tert-OH is 2. The average molecular weight is 280 g/mol. The molecule has 0 radical (unpaired) electrons. The number of rotatable bonds is 3. The van der Waals surface area contributed by atoms with E-state index in [0.29, 0.717) is 11.4 Å². The lowest BCUT2D eigenvalue weighted by Gasteiger charge is -2.18. The maximum absolute atomic E-state index is 11.3. The van der Waals surface area contributed by atoms with Gasteiger partial charge in [-0.2, -0.15) is 0 Å². The molecular weight excluding hydrogens is 264 g/mol. The van der Waals surface area contributed by atoms with Gasteiger partial charge in [0.2, 0.25) is 0 Å². The van der Waals surface area contributed by atoms with E-state index in [1.165, 1.54) is 7.11 Å². The van der Waals surface area contributed by atoms with Crippen molar-refractivity contribution in [3.8, 4) is 11.8 Å². The van der Waals surface area contributed by atoms with Gasteiger partial charge in [0.1, 0.15) is 35.8 Å². The zero-order chi connectivity index (χ0) is 14.7. The lowest BCUT2D eigenvalue weighted by Crippen LogP contribution is -2.34. The molecule has 1 saturated heterocycles. The van der Waals surface area contributed by atoms with Crippen molar-refractivity contribution in [3.63, 3.8) is 0 Å². The number of methoxy groups -OCH3 is 1. The summed E-state index contributed by atoms with van der Waals surface area (Å²) < 4.78 is 10.8. The van der Waals surface area contributed by atoms with Gasteiger partial charge in [0.05, 0.1) is 12.8 Å². The van der Waals surface area contributed by atoms with Crippen LogP contribution in [0, 0.1) is 11.8 Å². The van der Waals surface area contributed by atoms with E-state index in [-0.39, 0.29) is 12.2 Å². The zero-order valence-electron chi connectivity index (χ0n) is 11.2. The Kier molecular flexibility index (Phi) is 4.52. The van der Waals surface area contributed by atoms with Crippen LogP contribution in [0.1, 0.15) is 24.4 Å². The highest BCUT2D eigenvalue weighted by Crippen LogP contribution is 2.34. The van der Waals surface area contributed by atoms with E-state index in [1.54, 1.807) is 6.92 Å². The molecule has 1 aliphatic rings. The molecule has 0 spiro atoms. The Hall–Kier alpha value is -1.72. The van der Waals surface area contributed by atoms with Gasteiger partial charge >= 0.3 is 0 Å². The molecule has 108 valence electrons.